The zero-order chi connectivity index (χ0) is 12.6. The van der Waals surface area contributed by atoms with Crippen LogP contribution in [-0.2, 0) is 11.3 Å². The highest BCUT2D eigenvalue weighted by atomic mass is 32.1. The van der Waals surface area contributed by atoms with Crippen molar-refractivity contribution in [1.82, 2.24) is 9.55 Å². The Balaban J connectivity index is 2.53. The minimum Gasteiger partial charge on any atom is -0.550 e. The van der Waals surface area contributed by atoms with Crippen molar-refractivity contribution in [3.05, 3.63) is 27.1 Å². The average Bonchev–Trinajstić information content (AvgIpc) is 2.54. The molecule has 6 heteroatoms. The summed E-state index contributed by atoms with van der Waals surface area (Å²) in [5.74, 6) is -1.17. The summed E-state index contributed by atoms with van der Waals surface area (Å²) in [6.07, 6.45) is 1.21. The molecule has 0 bridgehead atoms. The lowest BCUT2D eigenvalue weighted by Crippen LogP contribution is -2.27. The molecular weight excluding hydrogens is 240 g/mol. The standard InChI is InChI=1S/C11H12N2O3S/c1-6-7(2)17-10-9(6)11(16)13(5-12-10)4-3-8(14)15/h5H,3-4H2,1-2H3,(H,14,15)/p-1. The Bertz CT molecular complexity index is 642. The summed E-state index contributed by atoms with van der Waals surface area (Å²) in [6, 6.07) is 0. The Labute approximate surface area is 101 Å². The van der Waals surface area contributed by atoms with Crippen molar-refractivity contribution in [1.29, 1.82) is 0 Å². The summed E-state index contributed by atoms with van der Waals surface area (Å²) >= 11 is 1.47. The Hall–Kier alpha value is -1.69. The Morgan fingerprint density at radius 1 is 1.53 bits per heavy atom. The van der Waals surface area contributed by atoms with Crippen molar-refractivity contribution >= 4 is 27.5 Å². The predicted octanol–water partition coefficient (Wildman–Crippen LogP) is 0.215. The van der Waals surface area contributed by atoms with Crippen molar-refractivity contribution in [3.8, 4) is 0 Å². The van der Waals surface area contributed by atoms with E-state index in [1.807, 2.05) is 13.8 Å². The third kappa shape index (κ3) is 2.08. The molecule has 17 heavy (non-hydrogen) atoms. The van der Waals surface area contributed by atoms with Crippen molar-refractivity contribution in [2.45, 2.75) is 26.8 Å². The second-order valence-corrected chi connectivity index (χ2v) is 5.03. The van der Waals surface area contributed by atoms with E-state index in [9.17, 15) is 14.7 Å². The number of thiophene rings is 1. The van der Waals surface area contributed by atoms with Crippen LogP contribution in [0.15, 0.2) is 11.1 Å². The SMILES string of the molecule is Cc1sc2ncn(CCC(=O)[O-])c(=O)c2c1C. The van der Waals surface area contributed by atoms with E-state index in [1.54, 1.807) is 0 Å². The summed E-state index contributed by atoms with van der Waals surface area (Å²) in [5.41, 5.74) is 0.739. The van der Waals surface area contributed by atoms with Crippen LogP contribution in [0.4, 0.5) is 0 Å². The van der Waals surface area contributed by atoms with E-state index in [1.165, 1.54) is 22.2 Å². The maximum Gasteiger partial charge on any atom is 0.262 e. The molecule has 0 amide bonds. The van der Waals surface area contributed by atoms with Crippen LogP contribution in [0.1, 0.15) is 16.9 Å². The first-order valence-electron chi connectivity index (χ1n) is 5.15. The molecule has 2 aromatic rings. The van der Waals surface area contributed by atoms with Gasteiger partial charge in [-0.05, 0) is 19.4 Å². The first-order valence-corrected chi connectivity index (χ1v) is 5.97. The van der Waals surface area contributed by atoms with Gasteiger partial charge in [0.25, 0.3) is 5.56 Å². The van der Waals surface area contributed by atoms with Crippen LogP contribution in [0.2, 0.25) is 0 Å². The van der Waals surface area contributed by atoms with E-state index < -0.39 is 5.97 Å². The fourth-order valence-electron chi connectivity index (χ4n) is 1.64. The fourth-order valence-corrected chi connectivity index (χ4v) is 2.63. The molecule has 0 saturated carbocycles. The smallest absolute Gasteiger partial charge is 0.262 e. The van der Waals surface area contributed by atoms with Gasteiger partial charge in [0.15, 0.2) is 0 Å². The normalized spacial score (nSPS) is 10.9. The zero-order valence-corrected chi connectivity index (χ0v) is 10.3. The number of hydrogen-bond acceptors (Lipinski definition) is 5. The van der Waals surface area contributed by atoms with Gasteiger partial charge in [-0.25, -0.2) is 4.98 Å². The van der Waals surface area contributed by atoms with E-state index in [2.05, 4.69) is 4.98 Å². The Morgan fingerprint density at radius 3 is 2.88 bits per heavy atom. The highest BCUT2D eigenvalue weighted by molar-refractivity contribution is 7.18. The van der Waals surface area contributed by atoms with Crippen molar-refractivity contribution in [2.24, 2.45) is 0 Å². The number of hydrogen-bond donors (Lipinski definition) is 0. The minimum absolute atomic E-state index is 0.0957. The Morgan fingerprint density at radius 2 is 2.24 bits per heavy atom. The maximum absolute atomic E-state index is 12.1. The van der Waals surface area contributed by atoms with Gasteiger partial charge >= 0.3 is 0 Å². The zero-order valence-electron chi connectivity index (χ0n) is 9.52. The van der Waals surface area contributed by atoms with Crippen LogP contribution in [0.3, 0.4) is 0 Å². The topological polar surface area (TPSA) is 75.0 Å². The molecule has 0 aliphatic carbocycles. The van der Waals surface area contributed by atoms with E-state index in [0.29, 0.717) is 10.2 Å². The van der Waals surface area contributed by atoms with Crippen LogP contribution in [0.25, 0.3) is 10.2 Å². The molecular formula is C11H11N2O3S-. The lowest BCUT2D eigenvalue weighted by Gasteiger charge is -2.05. The number of aromatic nitrogens is 2. The molecule has 0 aliphatic rings. The number of carboxylic acids is 1. The quantitative estimate of drug-likeness (QED) is 0.781. The number of rotatable bonds is 3. The molecule has 0 unspecified atom stereocenters. The number of aryl methyl sites for hydroxylation is 3. The molecule has 2 rings (SSSR count). The third-order valence-corrected chi connectivity index (χ3v) is 3.83. The molecule has 0 aliphatic heterocycles. The number of carbonyl (C=O) groups is 1. The van der Waals surface area contributed by atoms with Gasteiger partial charge in [-0.2, -0.15) is 0 Å². The first-order chi connectivity index (χ1) is 8.00. The van der Waals surface area contributed by atoms with Crippen molar-refractivity contribution in [2.75, 3.05) is 0 Å². The van der Waals surface area contributed by atoms with Crippen LogP contribution in [0.5, 0.6) is 0 Å². The van der Waals surface area contributed by atoms with Gasteiger partial charge in [-0.1, -0.05) is 0 Å². The minimum atomic E-state index is -1.17. The number of aliphatic carboxylic acids is 1. The highest BCUT2D eigenvalue weighted by Gasteiger charge is 2.11. The second kappa shape index (κ2) is 4.29. The largest absolute Gasteiger partial charge is 0.550 e. The number of carboxylic acid groups (broad SMARTS) is 1. The molecule has 90 valence electrons. The average molecular weight is 251 g/mol. The lowest BCUT2D eigenvalue weighted by atomic mass is 10.2. The second-order valence-electron chi connectivity index (χ2n) is 3.83. The molecule has 2 heterocycles. The van der Waals surface area contributed by atoms with Gasteiger partial charge in [0.1, 0.15) is 4.83 Å². The molecule has 5 nitrogen and oxygen atoms in total. The molecule has 0 saturated heterocycles. The molecule has 0 atom stereocenters. The fraction of sp³-hybridized carbons (Fsp3) is 0.364. The Kier molecular flexibility index (Phi) is 2.97. The highest BCUT2D eigenvalue weighted by Crippen LogP contribution is 2.25. The summed E-state index contributed by atoms with van der Waals surface area (Å²) < 4.78 is 1.32. The number of carbonyl (C=O) groups excluding carboxylic acids is 1. The molecule has 0 fully saturated rings. The van der Waals surface area contributed by atoms with Gasteiger partial charge < -0.3 is 9.90 Å². The van der Waals surface area contributed by atoms with E-state index in [-0.39, 0.29) is 18.5 Å². The molecule has 0 radical (unpaired) electrons. The van der Waals surface area contributed by atoms with Gasteiger partial charge in [0.05, 0.1) is 11.7 Å². The van der Waals surface area contributed by atoms with E-state index in [4.69, 9.17) is 0 Å². The van der Waals surface area contributed by atoms with Crippen LogP contribution in [-0.4, -0.2) is 15.5 Å². The van der Waals surface area contributed by atoms with Crippen LogP contribution >= 0.6 is 11.3 Å². The number of nitrogens with zero attached hydrogens (tertiary/aromatic N) is 2. The summed E-state index contributed by atoms with van der Waals surface area (Å²) in [6.45, 7) is 3.91. The van der Waals surface area contributed by atoms with E-state index in [0.717, 1.165) is 10.4 Å². The van der Waals surface area contributed by atoms with Gasteiger partial charge in [0, 0.05) is 23.8 Å². The van der Waals surface area contributed by atoms with Gasteiger partial charge in [-0.15, -0.1) is 11.3 Å². The summed E-state index contributed by atoms with van der Waals surface area (Å²) in [7, 11) is 0. The van der Waals surface area contributed by atoms with Gasteiger partial charge in [-0.3, -0.25) is 9.36 Å². The van der Waals surface area contributed by atoms with Gasteiger partial charge in [0.2, 0.25) is 0 Å². The third-order valence-electron chi connectivity index (χ3n) is 2.71. The molecule has 0 N–H and O–H groups in total. The predicted molar refractivity (Wildman–Crippen MR) is 63.0 cm³/mol. The van der Waals surface area contributed by atoms with Crippen molar-refractivity contribution < 1.29 is 9.90 Å². The number of fused-ring (bicyclic) bond motifs is 1. The van der Waals surface area contributed by atoms with Crippen LogP contribution in [0, 0.1) is 13.8 Å². The maximum atomic E-state index is 12.1. The summed E-state index contributed by atoms with van der Waals surface area (Å²) in [5, 5.41) is 11.0. The monoisotopic (exact) mass is 251 g/mol. The summed E-state index contributed by atoms with van der Waals surface area (Å²) in [4.78, 5) is 28.4. The lowest BCUT2D eigenvalue weighted by molar-refractivity contribution is -0.305. The molecule has 0 spiro atoms. The van der Waals surface area contributed by atoms with E-state index >= 15 is 0 Å². The van der Waals surface area contributed by atoms with Crippen molar-refractivity contribution in [3.63, 3.8) is 0 Å². The first kappa shape index (κ1) is 11.8. The molecule has 2 aromatic heterocycles. The molecule has 0 aromatic carbocycles. The van der Waals surface area contributed by atoms with Crippen LogP contribution < -0.4 is 10.7 Å².